The first kappa shape index (κ1) is 12.5. The minimum Gasteiger partial charge on any atom is -0.480 e. The minimum absolute atomic E-state index is 0.492. The van der Waals surface area contributed by atoms with Gasteiger partial charge in [-0.05, 0) is 38.3 Å². The summed E-state index contributed by atoms with van der Waals surface area (Å²) in [7, 11) is 0. The molecule has 0 aromatic rings. The van der Waals surface area contributed by atoms with E-state index in [1.165, 1.54) is 25.7 Å². The summed E-state index contributed by atoms with van der Waals surface area (Å²) in [5.74, 6) is -0.0812. The number of aliphatic carboxylic acids is 1. The van der Waals surface area contributed by atoms with E-state index in [0.717, 1.165) is 19.0 Å². The van der Waals surface area contributed by atoms with Crippen LogP contribution in [0.2, 0.25) is 0 Å². The fourth-order valence-corrected chi connectivity index (χ4v) is 2.17. The highest BCUT2D eigenvalue weighted by Gasteiger charge is 2.20. The standard InChI is InChI=1S/C11H22N2O2/c1-2-9-4-3-6-13(7-5-9)8-10(12)11(14)15/h9-10H,2-8,12H2,1H3,(H,14,15). The van der Waals surface area contributed by atoms with Crippen molar-refractivity contribution in [3.8, 4) is 0 Å². The third-order valence-corrected chi connectivity index (χ3v) is 3.29. The van der Waals surface area contributed by atoms with Gasteiger partial charge in [0.05, 0.1) is 0 Å². The molecule has 2 unspecified atom stereocenters. The van der Waals surface area contributed by atoms with Crippen LogP contribution in [0, 0.1) is 5.92 Å². The van der Waals surface area contributed by atoms with Gasteiger partial charge < -0.3 is 15.7 Å². The Morgan fingerprint density at radius 3 is 2.87 bits per heavy atom. The molecule has 88 valence electrons. The lowest BCUT2D eigenvalue weighted by Gasteiger charge is -2.21. The van der Waals surface area contributed by atoms with E-state index in [0.29, 0.717) is 6.54 Å². The zero-order valence-corrected chi connectivity index (χ0v) is 9.48. The fourth-order valence-electron chi connectivity index (χ4n) is 2.17. The van der Waals surface area contributed by atoms with Crippen molar-refractivity contribution < 1.29 is 9.90 Å². The molecule has 0 aromatic heterocycles. The number of rotatable bonds is 4. The van der Waals surface area contributed by atoms with Crippen molar-refractivity contribution in [2.24, 2.45) is 11.7 Å². The average molecular weight is 214 g/mol. The quantitative estimate of drug-likeness (QED) is 0.730. The second kappa shape index (κ2) is 6.08. The molecule has 0 radical (unpaired) electrons. The van der Waals surface area contributed by atoms with Gasteiger partial charge in [0.25, 0.3) is 0 Å². The predicted octanol–water partition coefficient (Wildman–Crippen LogP) is 0.910. The highest BCUT2D eigenvalue weighted by atomic mass is 16.4. The summed E-state index contributed by atoms with van der Waals surface area (Å²) in [6.07, 6.45) is 4.86. The van der Waals surface area contributed by atoms with Gasteiger partial charge >= 0.3 is 5.97 Å². The molecule has 0 saturated carbocycles. The first-order valence-electron chi connectivity index (χ1n) is 5.84. The largest absolute Gasteiger partial charge is 0.480 e. The van der Waals surface area contributed by atoms with Crippen molar-refractivity contribution in [3.05, 3.63) is 0 Å². The number of nitrogens with zero attached hydrogens (tertiary/aromatic N) is 1. The zero-order chi connectivity index (χ0) is 11.3. The minimum atomic E-state index is -0.897. The maximum Gasteiger partial charge on any atom is 0.321 e. The van der Waals surface area contributed by atoms with E-state index < -0.39 is 12.0 Å². The number of carbonyl (C=O) groups is 1. The Hall–Kier alpha value is -0.610. The Bertz CT molecular complexity index is 209. The fraction of sp³-hybridized carbons (Fsp3) is 0.909. The van der Waals surface area contributed by atoms with Gasteiger partial charge in [0.15, 0.2) is 0 Å². The van der Waals surface area contributed by atoms with Crippen molar-refractivity contribution in [1.29, 1.82) is 0 Å². The maximum absolute atomic E-state index is 10.6. The molecule has 0 aromatic carbocycles. The van der Waals surface area contributed by atoms with Gasteiger partial charge in [-0.15, -0.1) is 0 Å². The van der Waals surface area contributed by atoms with Crippen LogP contribution in [0.3, 0.4) is 0 Å². The third-order valence-electron chi connectivity index (χ3n) is 3.29. The molecule has 4 nitrogen and oxygen atoms in total. The van der Waals surface area contributed by atoms with Crippen molar-refractivity contribution in [2.75, 3.05) is 19.6 Å². The van der Waals surface area contributed by atoms with E-state index in [4.69, 9.17) is 10.8 Å². The number of hydrogen-bond donors (Lipinski definition) is 2. The predicted molar refractivity (Wildman–Crippen MR) is 59.7 cm³/mol. The van der Waals surface area contributed by atoms with Crippen LogP contribution in [0.5, 0.6) is 0 Å². The molecule has 3 N–H and O–H groups in total. The Balaban J connectivity index is 2.34. The first-order valence-corrected chi connectivity index (χ1v) is 5.84. The van der Waals surface area contributed by atoms with Crippen LogP contribution in [-0.4, -0.2) is 41.7 Å². The monoisotopic (exact) mass is 214 g/mol. The number of hydrogen-bond acceptors (Lipinski definition) is 3. The lowest BCUT2D eigenvalue weighted by molar-refractivity contribution is -0.139. The van der Waals surface area contributed by atoms with Crippen molar-refractivity contribution in [2.45, 2.75) is 38.6 Å². The van der Waals surface area contributed by atoms with Gasteiger partial charge in [-0.3, -0.25) is 4.79 Å². The van der Waals surface area contributed by atoms with Crippen LogP contribution in [-0.2, 0) is 4.79 Å². The molecular weight excluding hydrogens is 192 g/mol. The topological polar surface area (TPSA) is 66.6 Å². The molecule has 0 aliphatic carbocycles. The molecule has 1 heterocycles. The van der Waals surface area contributed by atoms with Gasteiger partial charge in [0, 0.05) is 6.54 Å². The van der Waals surface area contributed by atoms with Crippen molar-refractivity contribution in [3.63, 3.8) is 0 Å². The summed E-state index contributed by atoms with van der Waals surface area (Å²) >= 11 is 0. The van der Waals surface area contributed by atoms with E-state index in [9.17, 15) is 4.79 Å². The normalized spacial score (nSPS) is 25.9. The van der Waals surface area contributed by atoms with Crippen LogP contribution >= 0.6 is 0 Å². The molecule has 0 amide bonds. The summed E-state index contributed by atoms with van der Waals surface area (Å²) in [4.78, 5) is 12.8. The van der Waals surface area contributed by atoms with E-state index in [1.807, 2.05) is 0 Å². The number of nitrogens with two attached hydrogens (primary N) is 1. The van der Waals surface area contributed by atoms with Crippen LogP contribution in [0.25, 0.3) is 0 Å². The molecule has 0 spiro atoms. The van der Waals surface area contributed by atoms with E-state index >= 15 is 0 Å². The second-order valence-corrected chi connectivity index (χ2v) is 4.45. The summed E-state index contributed by atoms with van der Waals surface area (Å²) in [5.41, 5.74) is 5.52. The molecule has 15 heavy (non-hydrogen) atoms. The van der Waals surface area contributed by atoms with Crippen LogP contribution < -0.4 is 5.73 Å². The molecule has 1 rings (SSSR count). The van der Waals surface area contributed by atoms with Gasteiger partial charge in [-0.1, -0.05) is 13.3 Å². The molecule has 0 bridgehead atoms. The Morgan fingerprint density at radius 2 is 2.27 bits per heavy atom. The summed E-state index contributed by atoms with van der Waals surface area (Å²) < 4.78 is 0. The highest BCUT2D eigenvalue weighted by molar-refractivity contribution is 5.73. The summed E-state index contributed by atoms with van der Waals surface area (Å²) in [6, 6.07) is -0.733. The summed E-state index contributed by atoms with van der Waals surface area (Å²) in [5, 5.41) is 8.73. The maximum atomic E-state index is 10.6. The summed E-state index contributed by atoms with van der Waals surface area (Å²) in [6.45, 7) is 4.71. The highest BCUT2D eigenvalue weighted by Crippen LogP contribution is 2.19. The number of carboxylic acids is 1. The third kappa shape index (κ3) is 4.18. The molecule has 4 heteroatoms. The van der Waals surface area contributed by atoms with Crippen molar-refractivity contribution in [1.82, 2.24) is 4.90 Å². The Morgan fingerprint density at radius 1 is 1.53 bits per heavy atom. The van der Waals surface area contributed by atoms with Crippen LogP contribution in [0.15, 0.2) is 0 Å². The van der Waals surface area contributed by atoms with Gasteiger partial charge in [-0.25, -0.2) is 0 Å². The lowest BCUT2D eigenvalue weighted by Crippen LogP contribution is -2.43. The first-order chi connectivity index (χ1) is 7.13. The molecule has 1 aliphatic heterocycles. The lowest BCUT2D eigenvalue weighted by atomic mass is 9.98. The second-order valence-electron chi connectivity index (χ2n) is 4.45. The molecular formula is C11H22N2O2. The average Bonchev–Trinajstić information content (AvgIpc) is 2.43. The Labute approximate surface area is 91.4 Å². The van der Waals surface area contributed by atoms with Crippen LogP contribution in [0.1, 0.15) is 32.6 Å². The molecule has 1 aliphatic rings. The Kier molecular flexibility index (Phi) is 5.05. The molecule has 2 atom stereocenters. The molecule has 1 fully saturated rings. The van der Waals surface area contributed by atoms with Gasteiger partial charge in [0.2, 0.25) is 0 Å². The van der Waals surface area contributed by atoms with Gasteiger partial charge in [0.1, 0.15) is 6.04 Å². The van der Waals surface area contributed by atoms with Crippen molar-refractivity contribution >= 4 is 5.97 Å². The zero-order valence-electron chi connectivity index (χ0n) is 9.48. The van der Waals surface area contributed by atoms with E-state index in [-0.39, 0.29) is 0 Å². The van der Waals surface area contributed by atoms with Gasteiger partial charge in [-0.2, -0.15) is 0 Å². The number of likely N-dealkylation sites (tertiary alicyclic amines) is 1. The SMILES string of the molecule is CCC1CCCN(CC(N)C(=O)O)CC1. The molecule has 1 saturated heterocycles. The smallest absolute Gasteiger partial charge is 0.321 e. The van der Waals surface area contributed by atoms with E-state index in [2.05, 4.69) is 11.8 Å². The van der Waals surface area contributed by atoms with E-state index in [1.54, 1.807) is 0 Å². The number of carboxylic acid groups (broad SMARTS) is 1. The van der Waals surface area contributed by atoms with Crippen LogP contribution in [0.4, 0.5) is 0 Å².